The van der Waals surface area contributed by atoms with Crippen LogP contribution in [0.1, 0.15) is 74.4 Å². The van der Waals surface area contributed by atoms with Gasteiger partial charge in [-0.25, -0.2) is 9.78 Å². The molecular weight excluding hydrogens is 428 g/mol. The summed E-state index contributed by atoms with van der Waals surface area (Å²) < 4.78 is 0. The fourth-order valence-electron chi connectivity index (χ4n) is 4.61. The smallest absolute Gasteiger partial charge is 0.329 e. The largest absolute Gasteiger partial charge is 0.481 e. The van der Waals surface area contributed by atoms with E-state index in [0.717, 1.165) is 5.56 Å². The second kappa shape index (κ2) is 8.65. The van der Waals surface area contributed by atoms with Gasteiger partial charge in [-0.05, 0) is 41.9 Å². The Morgan fingerprint density at radius 2 is 1.81 bits per heavy atom. The van der Waals surface area contributed by atoms with Crippen molar-refractivity contribution in [3.05, 3.63) is 52.0 Å². The molecule has 0 bridgehead atoms. The lowest BCUT2D eigenvalue weighted by Crippen LogP contribution is -2.54. The van der Waals surface area contributed by atoms with Crippen LogP contribution in [0, 0.1) is 11.8 Å². The molecule has 172 valence electrons. The van der Waals surface area contributed by atoms with Gasteiger partial charge in [0, 0.05) is 17.1 Å². The number of aliphatic carboxylic acids is 2. The van der Waals surface area contributed by atoms with E-state index in [-0.39, 0.29) is 24.2 Å². The number of hydrogen-bond donors (Lipinski definition) is 2. The molecule has 1 aliphatic rings. The third kappa shape index (κ3) is 4.28. The summed E-state index contributed by atoms with van der Waals surface area (Å²) in [5.74, 6) is -3.92. The van der Waals surface area contributed by atoms with Crippen LogP contribution in [0.15, 0.2) is 35.8 Å². The summed E-state index contributed by atoms with van der Waals surface area (Å²) in [4.78, 5) is 44.3. The van der Waals surface area contributed by atoms with Crippen LogP contribution in [-0.4, -0.2) is 43.5 Å². The van der Waals surface area contributed by atoms with Crippen molar-refractivity contribution in [3.8, 4) is 0 Å². The van der Waals surface area contributed by atoms with E-state index < -0.39 is 35.3 Å². The fourth-order valence-corrected chi connectivity index (χ4v) is 5.40. The van der Waals surface area contributed by atoms with Gasteiger partial charge in [0.05, 0.1) is 12.0 Å². The van der Waals surface area contributed by atoms with Crippen molar-refractivity contribution in [2.24, 2.45) is 11.8 Å². The molecule has 0 radical (unpaired) electrons. The summed E-state index contributed by atoms with van der Waals surface area (Å²) in [5, 5.41) is 22.5. The maximum absolute atomic E-state index is 13.8. The highest BCUT2D eigenvalue weighted by atomic mass is 32.1. The minimum absolute atomic E-state index is 0.0610. The minimum Gasteiger partial charge on any atom is -0.481 e. The standard InChI is InChI=1S/C24H30N2O5S/c1-14(2)12-24(22(30)31)13-17(21(28)29)18(19-25-10-11-32-19)26(24)20(27)15-6-8-16(9-7-15)23(3,4)5/h6-11,14,17-18H,12-13H2,1-5H3,(H,28,29)(H,30,31). The average molecular weight is 459 g/mol. The molecule has 32 heavy (non-hydrogen) atoms. The summed E-state index contributed by atoms with van der Waals surface area (Å²) in [6.07, 6.45) is 1.54. The van der Waals surface area contributed by atoms with Crippen LogP contribution in [0.25, 0.3) is 0 Å². The Labute approximate surface area is 192 Å². The second-order valence-electron chi connectivity index (χ2n) is 9.90. The minimum atomic E-state index is -1.63. The summed E-state index contributed by atoms with van der Waals surface area (Å²) in [7, 11) is 0. The summed E-state index contributed by atoms with van der Waals surface area (Å²) in [5.41, 5.74) is -0.356. The summed E-state index contributed by atoms with van der Waals surface area (Å²) >= 11 is 1.23. The lowest BCUT2D eigenvalue weighted by atomic mass is 9.83. The summed E-state index contributed by atoms with van der Waals surface area (Å²) in [6.45, 7) is 9.95. The molecule has 3 rings (SSSR count). The van der Waals surface area contributed by atoms with Gasteiger partial charge < -0.3 is 15.1 Å². The molecule has 1 saturated heterocycles. The Bertz CT molecular complexity index is 994. The molecule has 2 aromatic rings. The lowest BCUT2D eigenvalue weighted by Gasteiger charge is -2.38. The van der Waals surface area contributed by atoms with Crippen LogP contribution in [0.2, 0.25) is 0 Å². The number of amides is 1. The molecular formula is C24H30N2O5S. The number of carbonyl (C=O) groups excluding carboxylic acids is 1. The van der Waals surface area contributed by atoms with E-state index in [1.807, 2.05) is 26.0 Å². The molecule has 1 fully saturated rings. The van der Waals surface area contributed by atoms with Crippen molar-refractivity contribution in [1.29, 1.82) is 0 Å². The van der Waals surface area contributed by atoms with Gasteiger partial charge in [0.2, 0.25) is 0 Å². The van der Waals surface area contributed by atoms with Gasteiger partial charge in [-0.3, -0.25) is 9.59 Å². The SMILES string of the molecule is CC(C)CC1(C(=O)O)CC(C(=O)O)C(c2nccs2)N1C(=O)c1ccc(C(C)(C)C)cc1. The maximum Gasteiger partial charge on any atom is 0.329 e. The van der Waals surface area contributed by atoms with E-state index in [0.29, 0.717) is 10.6 Å². The predicted molar refractivity (Wildman–Crippen MR) is 122 cm³/mol. The van der Waals surface area contributed by atoms with Gasteiger partial charge in [-0.15, -0.1) is 11.3 Å². The fraction of sp³-hybridized carbons (Fsp3) is 0.500. The van der Waals surface area contributed by atoms with E-state index in [1.165, 1.54) is 16.2 Å². The zero-order valence-electron chi connectivity index (χ0n) is 19.0. The molecule has 3 atom stereocenters. The monoisotopic (exact) mass is 458 g/mol. The molecule has 0 spiro atoms. The van der Waals surface area contributed by atoms with Gasteiger partial charge in [0.1, 0.15) is 10.5 Å². The lowest BCUT2D eigenvalue weighted by molar-refractivity contribution is -0.150. The molecule has 1 aromatic carbocycles. The normalized spacial score (nSPS) is 23.5. The van der Waals surface area contributed by atoms with Gasteiger partial charge >= 0.3 is 11.9 Å². The number of benzene rings is 1. The first kappa shape index (κ1) is 23.9. The molecule has 2 heterocycles. The Morgan fingerprint density at radius 3 is 2.25 bits per heavy atom. The molecule has 2 N–H and O–H groups in total. The highest BCUT2D eigenvalue weighted by Gasteiger charge is 2.61. The Hall–Kier alpha value is -2.74. The molecule has 7 nitrogen and oxygen atoms in total. The van der Waals surface area contributed by atoms with Crippen LogP contribution in [-0.2, 0) is 15.0 Å². The number of likely N-dealkylation sites (tertiary alicyclic amines) is 1. The van der Waals surface area contributed by atoms with E-state index in [9.17, 15) is 24.6 Å². The molecule has 1 amide bonds. The van der Waals surface area contributed by atoms with Gasteiger partial charge in [0.25, 0.3) is 5.91 Å². The van der Waals surface area contributed by atoms with Crippen molar-refractivity contribution in [3.63, 3.8) is 0 Å². The van der Waals surface area contributed by atoms with E-state index in [4.69, 9.17) is 0 Å². The number of aromatic nitrogens is 1. The van der Waals surface area contributed by atoms with Crippen LogP contribution in [0.3, 0.4) is 0 Å². The van der Waals surface area contributed by atoms with Crippen LogP contribution < -0.4 is 0 Å². The second-order valence-corrected chi connectivity index (χ2v) is 10.8. The van der Waals surface area contributed by atoms with E-state index >= 15 is 0 Å². The van der Waals surface area contributed by atoms with Gasteiger partial charge in [0.15, 0.2) is 0 Å². The van der Waals surface area contributed by atoms with Crippen molar-refractivity contribution in [1.82, 2.24) is 9.88 Å². The number of nitrogens with zero attached hydrogens (tertiary/aromatic N) is 2. The van der Waals surface area contributed by atoms with Crippen LogP contribution in [0.5, 0.6) is 0 Å². The zero-order valence-corrected chi connectivity index (χ0v) is 19.8. The van der Waals surface area contributed by atoms with Crippen LogP contribution >= 0.6 is 11.3 Å². The quantitative estimate of drug-likeness (QED) is 0.655. The first-order valence-corrected chi connectivity index (χ1v) is 11.6. The Kier molecular flexibility index (Phi) is 6.47. The number of hydrogen-bond acceptors (Lipinski definition) is 5. The number of carboxylic acid groups (broad SMARTS) is 2. The van der Waals surface area contributed by atoms with Crippen molar-refractivity contribution >= 4 is 29.2 Å². The topological polar surface area (TPSA) is 108 Å². The van der Waals surface area contributed by atoms with Crippen molar-refractivity contribution < 1.29 is 24.6 Å². The Balaban J connectivity index is 2.17. The van der Waals surface area contributed by atoms with Crippen molar-refractivity contribution in [2.45, 2.75) is 64.5 Å². The van der Waals surface area contributed by atoms with Gasteiger partial charge in [-0.1, -0.05) is 46.8 Å². The number of carbonyl (C=O) groups is 3. The first-order valence-electron chi connectivity index (χ1n) is 10.7. The molecule has 1 aromatic heterocycles. The number of rotatable bonds is 6. The van der Waals surface area contributed by atoms with Crippen molar-refractivity contribution in [2.75, 3.05) is 0 Å². The molecule has 0 saturated carbocycles. The molecule has 0 aliphatic carbocycles. The molecule has 8 heteroatoms. The third-order valence-electron chi connectivity index (χ3n) is 6.06. The number of thiazole rings is 1. The average Bonchev–Trinajstić information content (AvgIpc) is 3.33. The highest BCUT2D eigenvalue weighted by molar-refractivity contribution is 7.09. The molecule has 3 unspecified atom stereocenters. The zero-order chi connectivity index (χ0) is 23.8. The first-order chi connectivity index (χ1) is 14.9. The van der Waals surface area contributed by atoms with Gasteiger partial charge in [-0.2, -0.15) is 0 Å². The number of carboxylic acids is 2. The molecule has 1 aliphatic heterocycles. The maximum atomic E-state index is 13.8. The van der Waals surface area contributed by atoms with Crippen LogP contribution in [0.4, 0.5) is 0 Å². The van der Waals surface area contributed by atoms with E-state index in [2.05, 4.69) is 25.8 Å². The Morgan fingerprint density at radius 1 is 1.19 bits per heavy atom. The highest BCUT2D eigenvalue weighted by Crippen LogP contribution is 2.51. The predicted octanol–water partition coefficient (Wildman–Crippen LogP) is 4.60. The third-order valence-corrected chi connectivity index (χ3v) is 6.91. The summed E-state index contributed by atoms with van der Waals surface area (Å²) in [6, 6.07) is 6.16. The van der Waals surface area contributed by atoms with E-state index in [1.54, 1.807) is 23.7 Å².